The third kappa shape index (κ3) is 3.79. The standard InChI is InChI=1S/C21H22N6O4S2/c1-22-33(30,31)19-10-14(12-32-19)20(28)23-17-11-18-26(7-8-27(18)24-17)15-3-4-16-13(9-15)5-6-25(2)21(16)29/h3-4,9-12,22H,5-8H2,1-2H3,(H,23,24,28). The Morgan fingerprint density at radius 1 is 1.15 bits per heavy atom. The molecule has 10 nitrogen and oxygen atoms in total. The highest BCUT2D eigenvalue weighted by Gasteiger charge is 2.27. The molecule has 33 heavy (non-hydrogen) atoms. The van der Waals surface area contributed by atoms with Crippen LogP contribution in [0.5, 0.6) is 0 Å². The number of hydrogen-bond acceptors (Lipinski definition) is 7. The molecule has 12 heteroatoms. The minimum atomic E-state index is -3.59. The third-order valence-electron chi connectivity index (χ3n) is 5.88. The predicted molar refractivity (Wildman–Crippen MR) is 125 cm³/mol. The first-order valence-corrected chi connectivity index (χ1v) is 12.7. The average Bonchev–Trinajstić information content (AvgIpc) is 3.52. The average molecular weight is 487 g/mol. The highest BCUT2D eigenvalue weighted by atomic mass is 32.2. The number of sulfonamides is 1. The number of nitrogens with zero attached hydrogens (tertiary/aromatic N) is 4. The first-order chi connectivity index (χ1) is 15.8. The lowest BCUT2D eigenvalue weighted by Gasteiger charge is -2.26. The molecule has 0 aliphatic carbocycles. The topological polar surface area (TPSA) is 117 Å². The molecular weight excluding hydrogens is 464 g/mol. The Kier molecular flexibility index (Phi) is 5.22. The Balaban J connectivity index is 1.35. The Bertz CT molecular complexity index is 1380. The summed E-state index contributed by atoms with van der Waals surface area (Å²) in [5, 5.41) is 8.72. The highest BCUT2D eigenvalue weighted by Crippen LogP contribution is 2.34. The van der Waals surface area contributed by atoms with Gasteiger partial charge in [-0.05, 0) is 43.3 Å². The third-order valence-corrected chi connectivity index (χ3v) is 8.73. The molecule has 3 aromatic rings. The van der Waals surface area contributed by atoms with E-state index in [2.05, 4.69) is 26.1 Å². The summed E-state index contributed by atoms with van der Waals surface area (Å²) in [7, 11) is -0.458. The summed E-state index contributed by atoms with van der Waals surface area (Å²) in [5.74, 6) is 0.842. The monoisotopic (exact) mass is 486 g/mol. The summed E-state index contributed by atoms with van der Waals surface area (Å²) in [5.41, 5.74) is 3.00. The van der Waals surface area contributed by atoms with E-state index >= 15 is 0 Å². The van der Waals surface area contributed by atoms with Gasteiger partial charge in [-0.3, -0.25) is 9.59 Å². The number of likely N-dealkylation sites (N-methyl/N-ethyl adjacent to an activating group) is 1. The minimum Gasteiger partial charge on any atom is -0.341 e. The fourth-order valence-corrected chi connectivity index (χ4v) is 6.04. The Morgan fingerprint density at radius 2 is 1.97 bits per heavy atom. The Hall–Kier alpha value is -3.22. The summed E-state index contributed by atoms with van der Waals surface area (Å²) >= 11 is 0.981. The second-order valence-electron chi connectivity index (χ2n) is 7.90. The van der Waals surface area contributed by atoms with Crippen LogP contribution in [0.15, 0.2) is 39.9 Å². The molecule has 0 spiro atoms. The van der Waals surface area contributed by atoms with Crippen molar-refractivity contribution in [3.05, 3.63) is 52.4 Å². The number of carbonyl (C=O) groups is 2. The Labute approximate surface area is 194 Å². The lowest BCUT2D eigenvalue weighted by Crippen LogP contribution is -2.34. The quantitative estimate of drug-likeness (QED) is 0.569. The van der Waals surface area contributed by atoms with E-state index in [-0.39, 0.29) is 15.7 Å². The van der Waals surface area contributed by atoms with Crippen molar-refractivity contribution in [1.82, 2.24) is 19.4 Å². The van der Waals surface area contributed by atoms with Gasteiger partial charge in [-0.2, -0.15) is 5.10 Å². The van der Waals surface area contributed by atoms with Crippen LogP contribution in [0.3, 0.4) is 0 Å². The van der Waals surface area contributed by atoms with Crippen molar-refractivity contribution in [2.45, 2.75) is 17.2 Å². The zero-order chi connectivity index (χ0) is 23.3. The Morgan fingerprint density at radius 3 is 2.76 bits per heavy atom. The first kappa shape index (κ1) is 21.6. The number of aromatic nitrogens is 2. The molecule has 2 aliphatic heterocycles. The van der Waals surface area contributed by atoms with Gasteiger partial charge in [0.1, 0.15) is 10.0 Å². The van der Waals surface area contributed by atoms with Crippen LogP contribution in [-0.2, 0) is 23.0 Å². The second kappa shape index (κ2) is 7.97. The molecule has 0 unspecified atom stereocenters. The van der Waals surface area contributed by atoms with Crippen molar-refractivity contribution in [1.29, 1.82) is 0 Å². The van der Waals surface area contributed by atoms with Gasteiger partial charge in [0.25, 0.3) is 11.8 Å². The summed E-state index contributed by atoms with van der Waals surface area (Å²) in [4.78, 5) is 28.8. The smallest absolute Gasteiger partial charge is 0.257 e. The van der Waals surface area contributed by atoms with E-state index in [1.807, 2.05) is 23.9 Å². The number of thiophene rings is 1. The number of rotatable bonds is 5. The zero-order valence-corrected chi connectivity index (χ0v) is 19.7. The molecule has 0 saturated carbocycles. The second-order valence-corrected chi connectivity index (χ2v) is 10.9. The van der Waals surface area contributed by atoms with E-state index in [4.69, 9.17) is 0 Å². The number of fused-ring (bicyclic) bond motifs is 2. The molecule has 0 fully saturated rings. The summed E-state index contributed by atoms with van der Waals surface area (Å²) in [6, 6.07) is 8.99. The van der Waals surface area contributed by atoms with E-state index in [0.29, 0.717) is 18.9 Å². The number of anilines is 3. The van der Waals surface area contributed by atoms with Crippen LogP contribution in [0.25, 0.3) is 0 Å². The molecule has 5 rings (SSSR count). The minimum absolute atomic E-state index is 0.0402. The number of carbonyl (C=O) groups excluding carboxylic acids is 2. The van der Waals surface area contributed by atoms with E-state index in [1.54, 1.807) is 11.0 Å². The molecule has 172 valence electrons. The molecule has 1 aromatic carbocycles. The van der Waals surface area contributed by atoms with Crippen LogP contribution in [-0.4, -0.2) is 62.1 Å². The van der Waals surface area contributed by atoms with Gasteiger partial charge >= 0.3 is 0 Å². The summed E-state index contributed by atoms with van der Waals surface area (Å²) in [6.45, 7) is 2.09. The maximum Gasteiger partial charge on any atom is 0.257 e. The highest BCUT2D eigenvalue weighted by molar-refractivity contribution is 7.91. The number of amides is 2. The molecule has 2 N–H and O–H groups in total. The van der Waals surface area contributed by atoms with Gasteiger partial charge in [0.2, 0.25) is 10.0 Å². The van der Waals surface area contributed by atoms with Gasteiger partial charge in [0, 0.05) is 42.8 Å². The van der Waals surface area contributed by atoms with Crippen LogP contribution in [0.2, 0.25) is 0 Å². The van der Waals surface area contributed by atoms with E-state index in [9.17, 15) is 18.0 Å². The zero-order valence-electron chi connectivity index (χ0n) is 18.0. The van der Waals surface area contributed by atoms with Gasteiger partial charge < -0.3 is 15.1 Å². The van der Waals surface area contributed by atoms with Gasteiger partial charge in [0.15, 0.2) is 5.82 Å². The molecule has 2 aromatic heterocycles. The van der Waals surface area contributed by atoms with Crippen molar-refractivity contribution in [3.8, 4) is 0 Å². The van der Waals surface area contributed by atoms with E-state index < -0.39 is 15.9 Å². The van der Waals surface area contributed by atoms with Crippen LogP contribution in [0, 0.1) is 0 Å². The molecule has 0 atom stereocenters. The van der Waals surface area contributed by atoms with Crippen LogP contribution in [0.1, 0.15) is 26.3 Å². The number of benzene rings is 1. The molecule has 0 radical (unpaired) electrons. The molecular formula is C21H22N6O4S2. The fraction of sp³-hybridized carbons (Fsp3) is 0.286. The molecule has 0 bridgehead atoms. The van der Waals surface area contributed by atoms with Gasteiger partial charge in [-0.15, -0.1) is 11.3 Å². The predicted octanol–water partition coefficient (Wildman–Crippen LogP) is 1.88. The normalized spacial score (nSPS) is 15.5. The van der Waals surface area contributed by atoms with Gasteiger partial charge in [-0.1, -0.05) is 0 Å². The van der Waals surface area contributed by atoms with Crippen LogP contribution >= 0.6 is 11.3 Å². The number of hydrogen-bond donors (Lipinski definition) is 2. The van der Waals surface area contributed by atoms with Crippen molar-refractivity contribution in [2.24, 2.45) is 0 Å². The molecule has 2 aliphatic rings. The summed E-state index contributed by atoms with van der Waals surface area (Å²) < 4.78 is 28.0. The van der Waals surface area contributed by atoms with Gasteiger partial charge in [-0.25, -0.2) is 17.8 Å². The van der Waals surface area contributed by atoms with E-state index in [1.165, 1.54) is 18.5 Å². The largest absolute Gasteiger partial charge is 0.341 e. The fourth-order valence-electron chi connectivity index (χ4n) is 4.04. The van der Waals surface area contributed by atoms with Crippen molar-refractivity contribution in [3.63, 3.8) is 0 Å². The number of nitrogens with one attached hydrogen (secondary N) is 2. The lowest BCUT2D eigenvalue weighted by atomic mass is 9.98. The SMILES string of the molecule is CNS(=O)(=O)c1cc(C(=O)Nc2cc3n(n2)CCN3c2ccc3c(c2)CCN(C)C3=O)cs1. The molecule has 0 saturated heterocycles. The maximum atomic E-state index is 12.6. The van der Waals surface area contributed by atoms with Crippen LogP contribution < -0.4 is 14.9 Å². The maximum absolute atomic E-state index is 12.6. The van der Waals surface area contributed by atoms with Gasteiger partial charge in [0.05, 0.1) is 12.1 Å². The van der Waals surface area contributed by atoms with Crippen molar-refractivity contribution < 1.29 is 18.0 Å². The van der Waals surface area contributed by atoms with Crippen molar-refractivity contribution in [2.75, 3.05) is 37.4 Å². The first-order valence-electron chi connectivity index (χ1n) is 10.3. The summed E-state index contributed by atoms with van der Waals surface area (Å²) in [6.07, 6.45) is 0.811. The van der Waals surface area contributed by atoms with Crippen molar-refractivity contribution >= 4 is 50.5 Å². The molecule has 2 amide bonds. The lowest BCUT2D eigenvalue weighted by molar-refractivity contribution is 0.0780. The molecule has 4 heterocycles. The van der Waals surface area contributed by atoms with Crippen LogP contribution in [0.4, 0.5) is 17.3 Å². The van der Waals surface area contributed by atoms with E-state index in [0.717, 1.165) is 46.9 Å².